The number of aromatic nitrogens is 2. The fraction of sp³-hybridized carbons (Fsp3) is 0.200. The second kappa shape index (κ2) is 5.39. The van der Waals surface area contributed by atoms with Crippen molar-refractivity contribution in [3.05, 3.63) is 54.5 Å². The minimum atomic E-state index is 0.788. The van der Waals surface area contributed by atoms with Crippen molar-refractivity contribution in [3.8, 4) is 0 Å². The summed E-state index contributed by atoms with van der Waals surface area (Å²) in [5, 5.41) is 1.08. The zero-order valence-electron chi connectivity index (χ0n) is 10.2. The lowest BCUT2D eigenvalue weighted by molar-refractivity contribution is 1.16. The minimum absolute atomic E-state index is 0.788. The van der Waals surface area contributed by atoms with Crippen LogP contribution < -0.4 is 0 Å². The Labute approximate surface area is 102 Å². The Morgan fingerprint density at radius 2 is 2.12 bits per heavy atom. The molecule has 0 aliphatic rings. The highest BCUT2D eigenvalue weighted by atomic mass is 14.9. The van der Waals surface area contributed by atoms with Crippen molar-refractivity contribution in [2.45, 2.75) is 20.3 Å². The molecule has 17 heavy (non-hydrogen) atoms. The molecule has 1 heterocycles. The molecule has 2 heteroatoms. The molecule has 0 aliphatic heterocycles. The lowest BCUT2D eigenvalue weighted by Crippen LogP contribution is -1.92. The molecule has 0 saturated heterocycles. The van der Waals surface area contributed by atoms with Gasteiger partial charge in [0, 0.05) is 17.2 Å². The molecule has 0 radical (unpaired) electrons. The number of fused-ring (bicyclic) bond motifs is 1. The van der Waals surface area contributed by atoms with Crippen molar-refractivity contribution in [1.29, 1.82) is 0 Å². The van der Waals surface area contributed by atoms with Crippen molar-refractivity contribution >= 4 is 16.5 Å². The maximum absolute atomic E-state index is 4.57. The van der Waals surface area contributed by atoms with Crippen LogP contribution in [-0.2, 0) is 0 Å². The number of rotatable bonds is 3. The summed E-state index contributed by atoms with van der Waals surface area (Å²) < 4.78 is 0. The first-order valence-corrected chi connectivity index (χ1v) is 5.90. The van der Waals surface area contributed by atoms with E-state index in [2.05, 4.69) is 29.0 Å². The Kier molecular flexibility index (Phi) is 3.66. The van der Waals surface area contributed by atoms with Gasteiger partial charge < -0.3 is 0 Å². The van der Waals surface area contributed by atoms with Crippen LogP contribution >= 0.6 is 0 Å². The zero-order chi connectivity index (χ0) is 12.1. The second-order valence-corrected chi connectivity index (χ2v) is 3.81. The van der Waals surface area contributed by atoms with Gasteiger partial charge in [0.2, 0.25) is 0 Å². The topological polar surface area (TPSA) is 25.8 Å². The molecule has 0 aliphatic carbocycles. The fourth-order valence-corrected chi connectivity index (χ4v) is 1.66. The highest BCUT2D eigenvalue weighted by Gasteiger charge is 2.01. The van der Waals surface area contributed by atoms with E-state index in [1.165, 1.54) is 0 Å². The fourth-order valence-electron chi connectivity index (χ4n) is 1.66. The normalized spacial score (nSPS) is 12.5. The van der Waals surface area contributed by atoms with Crippen molar-refractivity contribution in [2.24, 2.45) is 0 Å². The van der Waals surface area contributed by atoms with Gasteiger partial charge in [0.15, 0.2) is 5.82 Å². The quantitative estimate of drug-likeness (QED) is 0.736. The van der Waals surface area contributed by atoms with Crippen molar-refractivity contribution in [2.75, 3.05) is 0 Å². The summed E-state index contributed by atoms with van der Waals surface area (Å²) in [6, 6.07) is 8.03. The third kappa shape index (κ3) is 2.59. The predicted octanol–water partition coefficient (Wildman–Crippen LogP) is 4.00. The Bertz CT molecular complexity index is 568. The first kappa shape index (κ1) is 11.5. The number of allylic oxidation sites excluding steroid dienone is 4. The van der Waals surface area contributed by atoms with Crippen LogP contribution in [0.2, 0.25) is 0 Å². The van der Waals surface area contributed by atoms with Gasteiger partial charge in [-0.25, -0.2) is 9.97 Å². The zero-order valence-corrected chi connectivity index (χ0v) is 10.2. The SMILES string of the molecule is C/C=C(\C=C/CC)c1ncc2ccccc2n1. The van der Waals surface area contributed by atoms with E-state index in [1.54, 1.807) is 0 Å². The van der Waals surface area contributed by atoms with Crippen molar-refractivity contribution in [3.63, 3.8) is 0 Å². The smallest absolute Gasteiger partial charge is 0.159 e. The third-order valence-electron chi connectivity index (χ3n) is 2.59. The van der Waals surface area contributed by atoms with Crippen LogP contribution in [0.3, 0.4) is 0 Å². The molecular weight excluding hydrogens is 208 g/mol. The van der Waals surface area contributed by atoms with Crippen LogP contribution in [-0.4, -0.2) is 9.97 Å². The van der Waals surface area contributed by atoms with E-state index in [4.69, 9.17) is 0 Å². The Morgan fingerprint density at radius 1 is 1.29 bits per heavy atom. The second-order valence-electron chi connectivity index (χ2n) is 3.81. The molecule has 1 aromatic heterocycles. The van der Waals surface area contributed by atoms with Gasteiger partial charge in [0.25, 0.3) is 0 Å². The summed E-state index contributed by atoms with van der Waals surface area (Å²) in [5.74, 6) is 0.788. The first-order valence-electron chi connectivity index (χ1n) is 5.90. The van der Waals surface area contributed by atoms with E-state index >= 15 is 0 Å². The van der Waals surface area contributed by atoms with Crippen LogP contribution in [0.15, 0.2) is 48.7 Å². The monoisotopic (exact) mass is 224 g/mol. The van der Waals surface area contributed by atoms with Gasteiger partial charge >= 0.3 is 0 Å². The standard InChI is InChI=1S/C15H16N2/c1-3-5-8-12(4-2)15-16-11-13-9-6-7-10-14(13)17-15/h4-11H,3H2,1-2H3/b8-5-,12-4+. The van der Waals surface area contributed by atoms with Crippen molar-refractivity contribution < 1.29 is 0 Å². The van der Waals surface area contributed by atoms with Crippen LogP contribution in [0.4, 0.5) is 0 Å². The molecule has 0 amide bonds. The van der Waals surface area contributed by atoms with Gasteiger partial charge in [0.05, 0.1) is 5.52 Å². The largest absolute Gasteiger partial charge is 0.236 e. The minimum Gasteiger partial charge on any atom is -0.236 e. The summed E-state index contributed by atoms with van der Waals surface area (Å²) in [7, 11) is 0. The summed E-state index contributed by atoms with van der Waals surface area (Å²) >= 11 is 0. The summed E-state index contributed by atoms with van der Waals surface area (Å²) in [6.45, 7) is 4.12. The van der Waals surface area contributed by atoms with E-state index in [0.29, 0.717) is 0 Å². The van der Waals surface area contributed by atoms with Crippen molar-refractivity contribution in [1.82, 2.24) is 9.97 Å². The first-order chi connectivity index (χ1) is 8.35. The highest BCUT2D eigenvalue weighted by Crippen LogP contribution is 2.15. The molecule has 0 spiro atoms. The Morgan fingerprint density at radius 3 is 2.88 bits per heavy atom. The van der Waals surface area contributed by atoms with Gasteiger partial charge in [-0.1, -0.05) is 43.4 Å². The maximum Gasteiger partial charge on any atom is 0.159 e. The predicted molar refractivity (Wildman–Crippen MR) is 72.6 cm³/mol. The van der Waals surface area contributed by atoms with Gasteiger partial charge in [-0.2, -0.15) is 0 Å². The van der Waals surface area contributed by atoms with E-state index < -0.39 is 0 Å². The van der Waals surface area contributed by atoms with E-state index in [0.717, 1.165) is 28.7 Å². The number of para-hydroxylation sites is 1. The molecule has 0 atom stereocenters. The lowest BCUT2D eigenvalue weighted by atomic mass is 10.2. The van der Waals surface area contributed by atoms with E-state index in [1.807, 2.05) is 43.5 Å². The van der Waals surface area contributed by atoms with Crippen LogP contribution in [0.1, 0.15) is 26.1 Å². The molecule has 0 fully saturated rings. The van der Waals surface area contributed by atoms with Crippen LogP contribution in [0, 0.1) is 0 Å². The van der Waals surface area contributed by atoms with Crippen LogP contribution in [0.5, 0.6) is 0 Å². The Balaban J connectivity index is 2.45. The highest BCUT2D eigenvalue weighted by molar-refractivity contribution is 5.80. The Hall–Kier alpha value is -1.96. The number of benzene rings is 1. The summed E-state index contributed by atoms with van der Waals surface area (Å²) in [5.41, 5.74) is 2.05. The summed E-state index contributed by atoms with van der Waals surface area (Å²) in [6.07, 6.45) is 9.13. The lowest BCUT2D eigenvalue weighted by Gasteiger charge is -2.02. The van der Waals surface area contributed by atoms with Gasteiger partial charge in [-0.15, -0.1) is 0 Å². The van der Waals surface area contributed by atoms with Gasteiger partial charge in [0.1, 0.15) is 0 Å². The molecule has 0 saturated carbocycles. The average Bonchev–Trinajstić information content (AvgIpc) is 2.39. The number of hydrogen-bond acceptors (Lipinski definition) is 2. The van der Waals surface area contributed by atoms with Crippen LogP contribution in [0.25, 0.3) is 16.5 Å². The molecule has 0 bridgehead atoms. The number of nitrogens with zero attached hydrogens (tertiary/aromatic N) is 2. The van der Waals surface area contributed by atoms with Gasteiger partial charge in [-0.3, -0.25) is 0 Å². The number of hydrogen-bond donors (Lipinski definition) is 0. The third-order valence-corrected chi connectivity index (χ3v) is 2.59. The van der Waals surface area contributed by atoms with E-state index in [9.17, 15) is 0 Å². The molecule has 1 aromatic carbocycles. The molecule has 2 rings (SSSR count). The van der Waals surface area contributed by atoms with Gasteiger partial charge in [-0.05, 0) is 19.4 Å². The van der Waals surface area contributed by atoms with E-state index in [-0.39, 0.29) is 0 Å². The molecular formula is C15H16N2. The molecule has 86 valence electrons. The summed E-state index contributed by atoms with van der Waals surface area (Å²) in [4.78, 5) is 8.97. The molecule has 0 N–H and O–H groups in total. The average molecular weight is 224 g/mol. The molecule has 2 nitrogen and oxygen atoms in total. The molecule has 2 aromatic rings. The molecule has 0 unspecified atom stereocenters. The maximum atomic E-state index is 4.57.